The lowest BCUT2D eigenvalue weighted by Crippen LogP contribution is -2.26. The number of nitrogens with one attached hydrogen (secondary N) is 1. The Morgan fingerprint density at radius 3 is 2.43 bits per heavy atom. The van der Waals surface area contributed by atoms with E-state index >= 15 is 0 Å². The smallest absolute Gasteiger partial charge is 0.267 e. The van der Waals surface area contributed by atoms with Gasteiger partial charge in [-0.15, -0.1) is 0 Å². The fourth-order valence-corrected chi connectivity index (χ4v) is 2.55. The molecule has 2 aromatic carbocycles. The molecule has 106 valence electrons. The zero-order valence-corrected chi connectivity index (χ0v) is 11.9. The molecule has 0 amide bonds. The topological polar surface area (TPSA) is 72.9 Å². The molecule has 0 aliphatic carbocycles. The van der Waals surface area contributed by atoms with Gasteiger partial charge in [0.2, 0.25) is 5.95 Å². The minimum atomic E-state index is -0.140. The van der Waals surface area contributed by atoms with E-state index in [1.807, 2.05) is 38.1 Å². The minimum Gasteiger partial charge on any atom is -0.293 e. The maximum Gasteiger partial charge on any atom is 0.267 e. The highest BCUT2D eigenvalue weighted by Gasteiger charge is 2.12. The molecule has 0 saturated carbocycles. The Morgan fingerprint density at radius 2 is 1.76 bits per heavy atom. The summed E-state index contributed by atoms with van der Waals surface area (Å²) >= 11 is 0. The van der Waals surface area contributed by atoms with Crippen LogP contribution in [0.1, 0.15) is 11.1 Å². The van der Waals surface area contributed by atoms with Crippen molar-refractivity contribution in [3.63, 3.8) is 0 Å². The van der Waals surface area contributed by atoms with Crippen LogP contribution in [-0.2, 0) is 0 Å². The highest BCUT2D eigenvalue weighted by molar-refractivity contribution is 5.79. The van der Waals surface area contributed by atoms with Crippen molar-refractivity contribution in [1.82, 2.24) is 9.55 Å². The predicted octanol–water partition coefficient (Wildman–Crippen LogP) is 2.29. The molecule has 0 unspecified atom stereocenters. The fraction of sp³-hybridized carbons (Fsp3) is 0.125. The SMILES string of the molecule is Cc1cc(C)cc(-n2c(NN)nc3ccccc3c2=O)c1. The number of benzene rings is 2. The summed E-state index contributed by atoms with van der Waals surface area (Å²) in [6.45, 7) is 3.98. The van der Waals surface area contributed by atoms with E-state index in [2.05, 4.69) is 16.5 Å². The Morgan fingerprint density at radius 1 is 1.10 bits per heavy atom. The van der Waals surface area contributed by atoms with Crippen LogP contribution in [0.15, 0.2) is 47.3 Å². The first kappa shape index (κ1) is 13.3. The van der Waals surface area contributed by atoms with Crippen molar-refractivity contribution in [2.24, 2.45) is 5.84 Å². The fourth-order valence-electron chi connectivity index (χ4n) is 2.55. The molecule has 0 aliphatic heterocycles. The van der Waals surface area contributed by atoms with Gasteiger partial charge in [0.25, 0.3) is 5.56 Å². The molecular weight excluding hydrogens is 264 g/mol. The monoisotopic (exact) mass is 280 g/mol. The number of fused-ring (bicyclic) bond motifs is 1. The normalized spacial score (nSPS) is 10.8. The molecule has 0 atom stereocenters. The molecule has 0 spiro atoms. The highest BCUT2D eigenvalue weighted by Crippen LogP contribution is 2.18. The number of nitrogens with zero attached hydrogens (tertiary/aromatic N) is 2. The number of para-hydroxylation sites is 1. The molecule has 5 nitrogen and oxygen atoms in total. The number of anilines is 1. The summed E-state index contributed by atoms with van der Waals surface area (Å²) in [4.78, 5) is 17.2. The lowest BCUT2D eigenvalue weighted by Gasteiger charge is -2.14. The van der Waals surface area contributed by atoms with Crippen LogP contribution >= 0.6 is 0 Å². The van der Waals surface area contributed by atoms with Crippen LogP contribution in [0.25, 0.3) is 16.6 Å². The van der Waals surface area contributed by atoms with Crippen molar-refractivity contribution in [2.45, 2.75) is 13.8 Å². The summed E-state index contributed by atoms with van der Waals surface area (Å²) in [5, 5.41) is 0.565. The standard InChI is InChI=1S/C16H16N4O/c1-10-7-11(2)9-12(8-10)20-15(21)13-5-3-4-6-14(13)18-16(20)19-17/h3-9H,17H2,1-2H3,(H,18,19). The summed E-state index contributed by atoms with van der Waals surface area (Å²) in [6, 6.07) is 13.2. The lowest BCUT2D eigenvalue weighted by molar-refractivity contribution is 0.952. The van der Waals surface area contributed by atoms with Crippen molar-refractivity contribution in [2.75, 3.05) is 5.43 Å². The van der Waals surface area contributed by atoms with Gasteiger partial charge in [0.05, 0.1) is 16.6 Å². The van der Waals surface area contributed by atoms with E-state index in [9.17, 15) is 4.79 Å². The maximum absolute atomic E-state index is 12.8. The minimum absolute atomic E-state index is 0.140. The third kappa shape index (κ3) is 2.28. The van der Waals surface area contributed by atoms with Gasteiger partial charge in [-0.3, -0.25) is 10.2 Å². The summed E-state index contributed by atoms with van der Waals surface area (Å²) in [5.41, 5.74) is 5.91. The molecule has 0 fully saturated rings. The third-order valence-corrected chi connectivity index (χ3v) is 3.37. The Kier molecular flexibility index (Phi) is 3.19. The van der Waals surface area contributed by atoms with Crippen molar-refractivity contribution >= 4 is 16.9 Å². The van der Waals surface area contributed by atoms with E-state index in [0.717, 1.165) is 16.8 Å². The quantitative estimate of drug-likeness (QED) is 0.558. The Hall–Kier alpha value is -2.66. The summed E-state index contributed by atoms with van der Waals surface area (Å²) in [5.74, 6) is 5.87. The first-order valence-electron chi connectivity index (χ1n) is 6.67. The Labute approximate surface area is 122 Å². The van der Waals surface area contributed by atoms with Gasteiger partial charge >= 0.3 is 0 Å². The van der Waals surface area contributed by atoms with E-state index < -0.39 is 0 Å². The van der Waals surface area contributed by atoms with Crippen LogP contribution in [0.2, 0.25) is 0 Å². The molecule has 0 bridgehead atoms. The van der Waals surface area contributed by atoms with Gasteiger partial charge < -0.3 is 0 Å². The van der Waals surface area contributed by atoms with Crippen molar-refractivity contribution in [3.05, 3.63) is 63.9 Å². The second-order valence-corrected chi connectivity index (χ2v) is 5.08. The van der Waals surface area contributed by atoms with Gasteiger partial charge in [0, 0.05) is 0 Å². The van der Waals surface area contributed by atoms with E-state index in [1.54, 1.807) is 12.1 Å². The van der Waals surface area contributed by atoms with Gasteiger partial charge in [-0.1, -0.05) is 18.2 Å². The molecule has 3 rings (SSSR count). The number of nitrogen functional groups attached to an aromatic ring is 1. The first-order valence-corrected chi connectivity index (χ1v) is 6.67. The number of aromatic nitrogens is 2. The average molecular weight is 280 g/mol. The maximum atomic E-state index is 12.8. The second-order valence-electron chi connectivity index (χ2n) is 5.08. The summed E-state index contributed by atoms with van der Waals surface area (Å²) in [6.07, 6.45) is 0. The van der Waals surface area contributed by atoms with Gasteiger partial charge in [-0.25, -0.2) is 15.4 Å². The number of aryl methyl sites for hydroxylation is 2. The Balaban J connectivity index is 2.40. The van der Waals surface area contributed by atoms with E-state index in [-0.39, 0.29) is 5.56 Å². The molecule has 0 saturated heterocycles. The number of hydrogen-bond acceptors (Lipinski definition) is 4. The zero-order valence-electron chi connectivity index (χ0n) is 11.9. The highest BCUT2D eigenvalue weighted by atomic mass is 16.1. The summed E-state index contributed by atoms with van der Waals surface area (Å²) < 4.78 is 1.50. The van der Waals surface area contributed by atoms with Crippen molar-refractivity contribution < 1.29 is 0 Å². The van der Waals surface area contributed by atoms with Crippen molar-refractivity contribution in [3.8, 4) is 5.69 Å². The van der Waals surface area contributed by atoms with Gasteiger partial charge in [-0.2, -0.15) is 0 Å². The lowest BCUT2D eigenvalue weighted by atomic mass is 10.1. The molecule has 21 heavy (non-hydrogen) atoms. The molecule has 0 aliphatic rings. The van der Waals surface area contributed by atoms with Crippen LogP contribution in [0.5, 0.6) is 0 Å². The van der Waals surface area contributed by atoms with Gasteiger partial charge in [0.1, 0.15) is 0 Å². The van der Waals surface area contributed by atoms with E-state index in [0.29, 0.717) is 16.9 Å². The number of rotatable bonds is 2. The first-order chi connectivity index (χ1) is 10.1. The summed E-state index contributed by atoms with van der Waals surface area (Å²) in [7, 11) is 0. The Bertz CT molecular complexity index is 863. The van der Waals surface area contributed by atoms with Crippen LogP contribution in [-0.4, -0.2) is 9.55 Å². The molecule has 3 N–H and O–H groups in total. The van der Waals surface area contributed by atoms with E-state index in [4.69, 9.17) is 5.84 Å². The van der Waals surface area contributed by atoms with Gasteiger partial charge in [-0.05, 0) is 49.2 Å². The van der Waals surface area contributed by atoms with E-state index in [1.165, 1.54) is 4.57 Å². The van der Waals surface area contributed by atoms with Crippen LogP contribution in [0.3, 0.4) is 0 Å². The molecule has 5 heteroatoms. The van der Waals surface area contributed by atoms with Crippen molar-refractivity contribution in [1.29, 1.82) is 0 Å². The molecule has 1 heterocycles. The number of hydrogen-bond donors (Lipinski definition) is 2. The third-order valence-electron chi connectivity index (χ3n) is 3.37. The molecule has 1 aromatic heterocycles. The molecule has 3 aromatic rings. The average Bonchev–Trinajstić information content (AvgIpc) is 2.46. The number of nitrogens with two attached hydrogens (primary N) is 1. The zero-order chi connectivity index (χ0) is 15.0. The molecule has 0 radical (unpaired) electrons. The largest absolute Gasteiger partial charge is 0.293 e. The van der Waals surface area contributed by atoms with Gasteiger partial charge in [0.15, 0.2) is 0 Å². The molecular formula is C16H16N4O. The number of hydrazine groups is 1. The predicted molar refractivity (Wildman–Crippen MR) is 84.6 cm³/mol. The second kappa shape index (κ2) is 5.03. The van der Waals surface area contributed by atoms with Crippen LogP contribution in [0.4, 0.5) is 5.95 Å². The van der Waals surface area contributed by atoms with Crippen LogP contribution < -0.4 is 16.8 Å². The van der Waals surface area contributed by atoms with Crippen LogP contribution in [0, 0.1) is 13.8 Å².